The van der Waals surface area contributed by atoms with E-state index >= 15 is 0 Å². The highest BCUT2D eigenvalue weighted by Crippen LogP contribution is 2.34. The number of carbonyl (C=O) groups excluding carboxylic acids is 1. The van der Waals surface area contributed by atoms with Crippen molar-refractivity contribution < 1.29 is 9.90 Å². The third-order valence-corrected chi connectivity index (χ3v) is 5.33. The maximum atomic E-state index is 12.5. The summed E-state index contributed by atoms with van der Waals surface area (Å²) in [6, 6.07) is 14.2. The van der Waals surface area contributed by atoms with Gasteiger partial charge in [0, 0.05) is 44.0 Å². The van der Waals surface area contributed by atoms with Crippen LogP contribution in [0.15, 0.2) is 48.7 Å². The van der Waals surface area contributed by atoms with Crippen molar-refractivity contribution in [1.29, 1.82) is 0 Å². The first-order chi connectivity index (χ1) is 12.1. The number of aliphatic hydroxyl groups is 1. The number of amides is 1. The number of aryl methyl sites for hydroxylation is 1. The number of likely N-dealkylation sites (tertiary alicyclic amines) is 2. The number of carbonyl (C=O) groups is 1. The Morgan fingerprint density at radius 2 is 1.88 bits per heavy atom. The van der Waals surface area contributed by atoms with Crippen LogP contribution < -0.4 is 0 Å². The molecule has 1 N–H and O–H groups in total. The van der Waals surface area contributed by atoms with Crippen molar-refractivity contribution in [1.82, 2.24) is 14.8 Å². The fourth-order valence-electron chi connectivity index (χ4n) is 4.01. The number of nitrogens with zero attached hydrogens (tertiary/aromatic N) is 3. The molecule has 0 saturated carbocycles. The molecule has 1 amide bonds. The molecule has 2 aromatic rings. The minimum absolute atomic E-state index is 0.00498. The fraction of sp³-hybridized carbons (Fsp3) is 0.400. The highest BCUT2D eigenvalue weighted by molar-refractivity contribution is 5.84. The molecule has 2 fully saturated rings. The van der Waals surface area contributed by atoms with Gasteiger partial charge in [-0.25, -0.2) is 0 Å². The molecular weight excluding hydrogens is 314 g/mol. The van der Waals surface area contributed by atoms with Crippen LogP contribution in [0.1, 0.15) is 16.8 Å². The molecule has 2 aliphatic rings. The molecule has 3 atom stereocenters. The summed E-state index contributed by atoms with van der Waals surface area (Å²) in [6.45, 7) is 4.90. The molecule has 2 saturated heterocycles. The molecule has 0 unspecified atom stereocenters. The minimum Gasteiger partial charge on any atom is -0.383 e. The van der Waals surface area contributed by atoms with Gasteiger partial charge in [0.25, 0.3) is 5.91 Å². The molecule has 1 aromatic carbocycles. The number of fused-ring (bicyclic) bond motifs is 1. The van der Waals surface area contributed by atoms with Crippen molar-refractivity contribution in [2.45, 2.75) is 32.2 Å². The Balaban J connectivity index is 1.47. The zero-order chi connectivity index (χ0) is 17.4. The first-order valence-electron chi connectivity index (χ1n) is 8.78. The summed E-state index contributed by atoms with van der Waals surface area (Å²) in [4.78, 5) is 21.0. The highest BCUT2D eigenvalue weighted by atomic mass is 16.3. The van der Waals surface area contributed by atoms with Crippen molar-refractivity contribution >= 4 is 5.91 Å². The van der Waals surface area contributed by atoms with E-state index in [0.29, 0.717) is 6.54 Å². The molecular formula is C20H23N3O2. The van der Waals surface area contributed by atoms with Gasteiger partial charge < -0.3 is 10.0 Å². The maximum absolute atomic E-state index is 12.5. The van der Waals surface area contributed by atoms with E-state index in [1.165, 1.54) is 5.56 Å². The second kappa shape index (κ2) is 6.58. The lowest BCUT2D eigenvalue weighted by atomic mass is 10.0. The molecule has 3 heterocycles. The van der Waals surface area contributed by atoms with E-state index in [1.54, 1.807) is 0 Å². The van der Waals surface area contributed by atoms with Crippen LogP contribution in [0.2, 0.25) is 0 Å². The van der Waals surface area contributed by atoms with Crippen LogP contribution in [0.3, 0.4) is 0 Å². The predicted octanol–water partition coefficient (Wildman–Crippen LogP) is 1.59. The summed E-state index contributed by atoms with van der Waals surface area (Å²) in [5, 5.41) is 10.4. The van der Waals surface area contributed by atoms with Crippen molar-refractivity contribution in [3.63, 3.8) is 0 Å². The van der Waals surface area contributed by atoms with Crippen molar-refractivity contribution in [2.24, 2.45) is 5.92 Å². The number of rotatable bonds is 4. The fourth-order valence-corrected chi connectivity index (χ4v) is 4.01. The maximum Gasteiger partial charge on any atom is 0.252 e. The summed E-state index contributed by atoms with van der Waals surface area (Å²) >= 11 is 0. The van der Waals surface area contributed by atoms with Gasteiger partial charge >= 0.3 is 0 Å². The van der Waals surface area contributed by atoms with Crippen LogP contribution in [-0.4, -0.2) is 51.0 Å². The van der Waals surface area contributed by atoms with Crippen LogP contribution >= 0.6 is 0 Å². The molecule has 5 heteroatoms. The molecule has 5 nitrogen and oxygen atoms in total. The quantitative estimate of drug-likeness (QED) is 0.921. The van der Waals surface area contributed by atoms with Gasteiger partial charge in [-0.15, -0.1) is 0 Å². The minimum atomic E-state index is -0.880. The first-order valence-corrected chi connectivity index (χ1v) is 8.78. The van der Waals surface area contributed by atoms with E-state index < -0.39 is 6.10 Å². The average Bonchev–Trinajstić information content (AvgIpc) is 3.12. The normalized spacial score (nSPS) is 26.2. The van der Waals surface area contributed by atoms with Crippen LogP contribution in [0.25, 0.3) is 0 Å². The molecule has 4 rings (SSSR count). The lowest BCUT2D eigenvalue weighted by Crippen LogP contribution is -2.38. The van der Waals surface area contributed by atoms with E-state index in [4.69, 9.17) is 0 Å². The average molecular weight is 337 g/mol. The van der Waals surface area contributed by atoms with E-state index in [2.05, 4.69) is 16.0 Å². The van der Waals surface area contributed by atoms with Crippen molar-refractivity contribution in [2.75, 3.05) is 13.1 Å². The van der Waals surface area contributed by atoms with E-state index in [-0.39, 0.29) is 17.9 Å². The van der Waals surface area contributed by atoms with Crippen LogP contribution in [-0.2, 0) is 17.9 Å². The zero-order valence-corrected chi connectivity index (χ0v) is 14.4. The highest BCUT2D eigenvalue weighted by Gasteiger charge is 2.51. The number of hydrogen-bond donors (Lipinski definition) is 1. The Kier molecular flexibility index (Phi) is 4.27. The topological polar surface area (TPSA) is 56.7 Å². The van der Waals surface area contributed by atoms with Gasteiger partial charge in [0.05, 0.1) is 6.04 Å². The number of hydrogen-bond acceptors (Lipinski definition) is 4. The molecule has 0 radical (unpaired) electrons. The zero-order valence-electron chi connectivity index (χ0n) is 14.4. The van der Waals surface area contributed by atoms with Crippen LogP contribution in [0, 0.1) is 12.8 Å². The van der Waals surface area contributed by atoms with Gasteiger partial charge in [0.1, 0.15) is 6.10 Å². The van der Waals surface area contributed by atoms with Crippen LogP contribution in [0.4, 0.5) is 0 Å². The third-order valence-electron chi connectivity index (χ3n) is 5.33. The van der Waals surface area contributed by atoms with E-state index in [9.17, 15) is 9.90 Å². The summed E-state index contributed by atoms with van der Waals surface area (Å²) in [7, 11) is 0. The van der Waals surface area contributed by atoms with E-state index in [0.717, 1.165) is 30.9 Å². The second-order valence-electron chi connectivity index (χ2n) is 7.13. The predicted molar refractivity (Wildman–Crippen MR) is 94.5 cm³/mol. The summed E-state index contributed by atoms with van der Waals surface area (Å²) in [5.74, 6) is -0.134. The second-order valence-corrected chi connectivity index (χ2v) is 7.13. The van der Waals surface area contributed by atoms with Gasteiger partial charge in [0.2, 0.25) is 0 Å². The van der Waals surface area contributed by atoms with Crippen molar-refractivity contribution in [3.8, 4) is 0 Å². The molecule has 1 aromatic heterocycles. The summed E-state index contributed by atoms with van der Waals surface area (Å²) in [6.07, 6.45) is 1.03. The Bertz CT molecular complexity index is 747. The molecule has 130 valence electrons. The monoisotopic (exact) mass is 337 g/mol. The molecule has 0 aliphatic carbocycles. The molecule has 2 aliphatic heterocycles. The smallest absolute Gasteiger partial charge is 0.252 e. The Morgan fingerprint density at radius 1 is 1.08 bits per heavy atom. The van der Waals surface area contributed by atoms with Gasteiger partial charge in [-0.05, 0) is 24.1 Å². The lowest BCUT2D eigenvalue weighted by Gasteiger charge is -2.25. The van der Waals surface area contributed by atoms with E-state index in [1.807, 2.05) is 54.4 Å². The molecule has 25 heavy (non-hydrogen) atoms. The van der Waals surface area contributed by atoms with Crippen molar-refractivity contribution in [3.05, 3.63) is 65.5 Å². The lowest BCUT2D eigenvalue weighted by molar-refractivity contribution is -0.136. The molecule has 0 bridgehead atoms. The number of aliphatic hydroxyl groups excluding tert-OH is 1. The van der Waals surface area contributed by atoms with Gasteiger partial charge in [-0.1, -0.05) is 36.4 Å². The van der Waals surface area contributed by atoms with Gasteiger partial charge in [-0.2, -0.15) is 0 Å². The summed E-state index contributed by atoms with van der Waals surface area (Å²) in [5.41, 5.74) is 3.28. The third kappa shape index (κ3) is 3.17. The van der Waals surface area contributed by atoms with Crippen LogP contribution in [0.5, 0.6) is 0 Å². The first kappa shape index (κ1) is 16.2. The SMILES string of the molecule is Cc1ccc(CN2C[C@@H]3[C@H](O)C(=O)N(Cc4ccccc4)[C@@H]3C2)cn1. The summed E-state index contributed by atoms with van der Waals surface area (Å²) < 4.78 is 0. The molecule has 0 spiro atoms. The largest absolute Gasteiger partial charge is 0.383 e. The van der Waals surface area contributed by atoms with Gasteiger partial charge in [0.15, 0.2) is 0 Å². The van der Waals surface area contributed by atoms with Gasteiger partial charge in [-0.3, -0.25) is 14.7 Å². The Hall–Kier alpha value is -2.24. The number of benzene rings is 1. The Morgan fingerprint density at radius 3 is 2.60 bits per heavy atom. The Labute approximate surface area is 147 Å². The standard InChI is InChI=1S/C20H23N3O2/c1-14-7-8-16(9-21-14)10-22-12-17-18(13-22)23(20(25)19(17)24)11-15-5-3-2-4-6-15/h2-9,17-19,24H,10-13H2,1H3/t17-,18+,19-/m0/s1. The number of aromatic nitrogens is 1. The number of pyridine rings is 1.